The molecule has 0 amide bonds. The Morgan fingerprint density at radius 2 is 1.41 bits per heavy atom. The number of benzene rings is 2. The van der Waals surface area contributed by atoms with Gasteiger partial charge in [-0.15, -0.1) is 0 Å². The van der Waals surface area contributed by atoms with Gasteiger partial charge in [0.05, 0.1) is 7.11 Å². The molecule has 1 atom stereocenters. The van der Waals surface area contributed by atoms with E-state index >= 15 is 0 Å². The minimum atomic E-state index is 0.0459. The van der Waals surface area contributed by atoms with E-state index in [1.54, 1.807) is 7.11 Å². The van der Waals surface area contributed by atoms with E-state index in [1.807, 2.05) is 49.4 Å². The number of methoxy groups -OCH3 is 1. The predicted octanol–water partition coefficient (Wildman–Crippen LogP) is 3.84. The lowest BCUT2D eigenvalue weighted by Crippen LogP contribution is -2.02. The third kappa shape index (κ3) is 3.00. The Morgan fingerprint density at radius 1 is 0.824 bits per heavy atom. The lowest BCUT2D eigenvalue weighted by molar-refractivity contribution is 0.226. The van der Waals surface area contributed by atoms with Crippen LogP contribution >= 0.6 is 0 Å². The van der Waals surface area contributed by atoms with Crippen LogP contribution < -0.4 is 9.47 Å². The summed E-state index contributed by atoms with van der Waals surface area (Å²) < 4.78 is 10.9. The second-order valence-corrected chi connectivity index (χ2v) is 3.85. The molecule has 0 spiro atoms. The summed E-state index contributed by atoms with van der Waals surface area (Å²) in [6.45, 7) is 2.04. The molecular weight excluding hydrogens is 212 g/mol. The second kappa shape index (κ2) is 5.39. The van der Waals surface area contributed by atoms with Crippen LogP contribution in [0.2, 0.25) is 0 Å². The maximum atomic E-state index is 5.84. The topological polar surface area (TPSA) is 18.5 Å². The highest BCUT2D eigenvalue weighted by Crippen LogP contribution is 2.23. The summed E-state index contributed by atoms with van der Waals surface area (Å²) in [6, 6.07) is 17.8. The van der Waals surface area contributed by atoms with E-state index in [9.17, 15) is 0 Å². The minimum Gasteiger partial charge on any atom is -0.497 e. The normalized spacial score (nSPS) is 11.9. The van der Waals surface area contributed by atoms with E-state index in [0.717, 1.165) is 11.5 Å². The molecule has 0 aliphatic carbocycles. The Kier molecular flexibility index (Phi) is 3.66. The minimum absolute atomic E-state index is 0.0459. The van der Waals surface area contributed by atoms with Crippen molar-refractivity contribution in [1.82, 2.24) is 0 Å². The SMILES string of the molecule is COc1ccc(O[C@H](C)c2ccccc2)cc1. The van der Waals surface area contributed by atoms with Crippen molar-refractivity contribution in [3.8, 4) is 11.5 Å². The number of rotatable bonds is 4. The van der Waals surface area contributed by atoms with E-state index in [2.05, 4.69) is 12.1 Å². The van der Waals surface area contributed by atoms with Crippen molar-refractivity contribution in [2.45, 2.75) is 13.0 Å². The van der Waals surface area contributed by atoms with Gasteiger partial charge in [-0.25, -0.2) is 0 Å². The highest BCUT2D eigenvalue weighted by atomic mass is 16.5. The van der Waals surface area contributed by atoms with Crippen molar-refractivity contribution in [2.24, 2.45) is 0 Å². The molecule has 0 aliphatic rings. The molecule has 0 fully saturated rings. The molecule has 0 aliphatic heterocycles. The van der Waals surface area contributed by atoms with Gasteiger partial charge in [0.15, 0.2) is 0 Å². The first-order chi connectivity index (χ1) is 8.29. The fourth-order valence-corrected chi connectivity index (χ4v) is 1.65. The summed E-state index contributed by atoms with van der Waals surface area (Å²) >= 11 is 0. The standard InChI is InChI=1S/C15H16O2/c1-12(13-6-4-3-5-7-13)17-15-10-8-14(16-2)9-11-15/h3-12H,1-2H3/t12-/m1/s1. The molecule has 2 aromatic rings. The van der Waals surface area contributed by atoms with Gasteiger partial charge in [0.25, 0.3) is 0 Å². The molecule has 0 unspecified atom stereocenters. The molecule has 0 saturated heterocycles. The third-order valence-electron chi connectivity index (χ3n) is 2.64. The van der Waals surface area contributed by atoms with E-state index in [1.165, 1.54) is 5.56 Å². The monoisotopic (exact) mass is 228 g/mol. The van der Waals surface area contributed by atoms with Crippen LogP contribution in [0, 0.1) is 0 Å². The quantitative estimate of drug-likeness (QED) is 0.791. The van der Waals surface area contributed by atoms with Crippen LogP contribution in [-0.4, -0.2) is 7.11 Å². The van der Waals surface area contributed by atoms with Gasteiger partial charge >= 0.3 is 0 Å². The maximum Gasteiger partial charge on any atom is 0.121 e. The van der Waals surface area contributed by atoms with Gasteiger partial charge < -0.3 is 9.47 Å². The molecule has 0 aromatic heterocycles. The van der Waals surface area contributed by atoms with Gasteiger partial charge in [-0.2, -0.15) is 0 Å². The average molecular weight is 228 g/mol. The smallest absolute Gasteiger partial charge is 0.121 e. The van der Waals surface area contributed by atoms with E-state index < -0.39 is 0 Å². The average Bonchev–Trinajstić information content (AvgIpc) is 2.40. The molecule has 0 bridgehead atoms. The summed E-state index contributed by atoms with van der Waals surface area (Å²) in [6.07, 6.45) is 0.0459. The van der Waals surface area contributed by atoms with Crippen molar-refractivity contribution in [1.29, 1.82) is 0 Å². The van der Waals surface area contributed by atoms with Crippen LogP contribution in [0.5, 0.6) is 11.5 Å². The van der Waals surface area contributed by atoms with Crippen LogP contribution in [0.15, 0.2) is 54.6 Å². The Bertz CT molecular complexity index is 448. The molecule has 0 heterocycles. The third-order valence-corrected chi connectivity index (χ3v) is 2.64. The molecule has 2 heteroatoms. The lowest BCUT2D eigenvalue weighted by Gasteiger charge is -2.15. The molecule has 2 nitrogen and oxygen atoms in total. The van der Waals surface area contributed by atoms with Crippen LogP contribution in [-0.2, 0) is 0 Å². The summed E-state index contributed by atoms with van der Waals surface area (Å²) in [5, 5.41) is 0. The second-order valence-electron chi connectivity index (χ2n) is 3.85. The lowest BCUT2D eigenvalue weighted by atomic mass is 10.1. The zero-order valence-electron chi connectivity index (χ0n) is 10.1. The maximum absolute atomic E-state index is 5.84. The zero-order chi connectivity index (χ0) is 12.1. The van der Waals surface area contributed by atoms with Gasteiger partial charge in [0, 0.05) is 0 Å². The van der Waals surface area contributed by atoms with Crippen molar-refractivity contribution in [2.75, 3.05) is 7.11 Å². The first kappa shape index (κ1) is 11.5. The Labute approximate surface area is 102 Å². The molecule has 88 valence electrons. The Morgan fingerprint density at radius 3 is 2.00 bits per heavy atom. The van der Waals surface area contributed by atoms with E-state index in [0.29, 0.717) is 0 Å². The van der Waals surface area contributed by atoms with Gasteiger partial charge in [-0.05, 0) is 36.8 Å². The van der Waals surface area contributed by atoms with Crippen LogP contribution in [0.3, 0.4) is 0 Å². The van der Waals surface area contributed by atoms with Crippen LogP contribution in [0.1, 0.15) is 18.6 Å². The molecule has 0 N–H and O–H groups in total. The van der Waals surface area contributed by atoms with E-state index in [-0.39, 0.29) is 6.10 Å². The largest absolute Gasteiger partial charge is 0.497 e. The highest BCUT2D eigenvalue weighted by Gasteiger charge is 2.06. The Hall–Kier alpha value is -1.96. The molecular formula is C15H16O2. The number of hydrogen-bond acceptors (Lipinski definition) is 2. The van der Waals surface area contributed by atoms with Gasteiger partial charge in [-0.3, -0.25) is 0 Å². The fraction of sp³-hybridized carbons (Fsp3) is 0.200. The molecule has 17 heavy (non-hydrogen) atoms. The highest BCUT2D eigenvalue weighted by molar-refractivity contribution is 5.31. The molecule has 0 radical (unpaired) electrons. The summed E-state index contributed by atoms with van der Waals surface area (Å²) in [5.74, 6) is 1.69. The van der Waals surface area contributed by atoms with Gasteiger partial charge in [0.1, 0.15) is 17.6 Å². The van der Waals surface area contributed by atoms with Crippen molar-refractivity contribution >= 4 is 0 Å². The Balaban J connectivity index is 2.05. The summed E-state index contributed by atoms with van der Waals surface area (Å²) in [5.41, 5.74) is 1.17. The first-order valence-corrected chi connectivity index (χ1v) is 5.65. The predicted molar refractivity (Wildman–Crippen MR) is 68.5 cm³/mol. The molecule has 0 saturated carbocycles. The van der Waals surface area contributed by atoms with E-state index in [4.69, 9.17) is 9.47 Å². The van der Waals surface area contributed by atoms with Crippen LogP contribution in [0.4, 0.5) is 0 Å². The first-order valence-electron chi connectivity index (χ1n) is 5.65. The summed E-state index contributed by atoms with van der Waals surface area (Å²) in [4.78, 5) is 0. The van der Waals surface area contributed by atoms with Crippen molar-refractivity contribution in [3.63, 3.8) is 0 Å². The van der Waals surface area contributed by atoms with Crippen LogP contribution in [0.25, 0.3) is 0 Å². The zero-order valence-corrected chi connectivity index (χ0v) is 10.1. The van der Waals surface area contributed by atoms with Crippen molar-refractivity contribution < 1.29 is 9.47 Å². The summed E-state index contributed by atoms with van der Waals surface area (Å²) in [7, 11) is 1.66. The molecule has 2 aromatic carbocycles. The van der Waals surface area contributed by atoms with Gasteiger partial charge in [0.2, 0.25) is 0 Å². The van der Waals surface area contributed by atoms with Crippen molar-refractivity contribution in [3.05, 3.63) is 60.2 Å². The molecule has 2 rings (SSSR count). The number of hydrogen-bond donors (Lipinski definition) is 0. The van der Waals surface area contributed by atoms with Gasteiger partial charge in [-0.1, -0.05) is 30.3 Å². The number of ether oxygens (including phenoxy) is 2. The fourth-order valence-electron chi connectivity index (χ4n) is 1.65.